The summed E-state index contributed by atoms with van der Waals surface area (Å²) in [6.07, 6.45) is 1.82. The van der Waals surface area contributed by atoms with Crippen molar-refractivity contribution in [3.8, 4) is 11.4 Å². The first-order valence-corrected chi connectivity index (χ1v) is 10.7. The fourth-order valence-electron chi connectivity index (χ4n) is 3.22. The highest BCUT2D eigenvalue weighted by molar-refractivity contribution is 7.71. The maximum Gasteiger partial charge on any atom is 0.275 e. The lowest BCUT2D eigenvalue weighted by Gasteiger charge is -2.21. The van der Waals surface area contributed by atoms with E-state index < -0.39 is 0 Å². The number of nitrogens with zero attached hydrogens (tertiary/aromatic N) is 3. The largest absolute Gasteiger partial charge is 0.347 e. The van der Waals surface area contributed by atoms with Crippen molar-refractivity contribution in [3.63, 3.8) is 0 Å². The number of hydrogen-bond acceptors (Lipinski definition) is 3. The molecule has 30 heavy (non-hydrogen) atoms. The molecule has 164 valence electrons. The highest BCUT2D eigenvalue weighted by atomic mass is 32.1. The summed E-state index contributed by atoms with van der Waals surface area (Å²) in [6.45, 7) is 17.8. The molecule has 1 aromatic heterocycles. The summed E-state index contributed by atoms with van der Waals surface area (Å²) in [5, 5.41) is 7.78. The second-order valence-corrected chi connectivity index (χ2v) is 10.3. The van der Waals surface area contributed by atoms with Crippen molar-refractivity contribution in [1.82, 2.24) is 19.7 Å². The molecule has 0 fully saturated rings. The van der Waals surface area contributed by atoms with Gasteiger partial charge in [0.05, 0.1) is 7.05 Å². The molecule has 1 atom stereocenters. The molecule has 6 nitrogen and oxygen atoms in total. The van der Waals surface area contributed by atoms with Crippen molar-refractivity contribution in [2.45, 2.75) is 65.7 Å². The van der Waals surface area contributed by atoms with Crippen molar-refractivity contribution < 1.29 is 9.69 Å². The van der Waals surface area contributed by atoms with Crippen LogP contribution in [0.3, 0.4) is 0 Å². The zero-order valence-electron chi connectivity index (χ0n) is 19.4. The zero-order valence-corrected chi connectivity index (χ0v) is 20.2. The molecule has 0 aliphatic heterocycles. The molecule has 0 saturated heterocycles. The number of amides is 1. The van der Waals surface area contributed by atoms with E-state index in [1.54, 1.807) is 4.68 Å². The highest BCUT2D eigenvalue weighted by Crippen LogP contribution is 2.25. The van der Waals surface area contributed by atoms with Crippen LogP contribution in [-0.4, -0.2) is 39.4 Å². The summed E-state index contributed by atoms with van der Waals surface area (Å²) in [5.74, 6) is 0.822. The molecule has 0 saturated carbocycles. The van der Waals surface area contributed by atoms with E-state index in [9.17, 15) is 4.79 Å². The van der Waals surface area contributed by atoms with Gasteiger partial charge in [-0.3, -0.25) is 9.36 Å². The molecule has 0 aliphatic carbocycles. The lowest BCUT2D eigenvalue weighted by Crippen LogP contribution is -3.09. The van der Waals surface area contributed by atoms with Crippen LogP contribution in [0.4, 0.5) is 0 Å². The third kappa shape index (κ3) is 6.37. The summed E-state index contributed by atoms with van der Waals surface area (Å²) in [7, 11) is 1.97. The number of nitrogens with one attached hydrogen (secondary N) is 2. The van der Waals surface area contributed by atoms with Crippen LogP contribution in [0.2, 0.25) is 0 Å². The molecular formula is C23H36N5OS+. The number of hydrogen-bond donors (Lipinski definition) is 2. The Labute approximate surface area is 185 Å². The number of rotatable bonds is 7. The number of quaternary nitrogens is 1. The van der Waals surface area contributed by atoms with Crippen LogP contribution >= 0.6 is 12.2 Å². The van der Waals surface area contributed by atoms with Gasteiger partial charge in [-0.05, 0) is 44.0 Å². The Bertz CT molecular complexity index is 942. The molecule has 1 unspecified atom stereocenters. The van der Waals surface area contributed by atoms with Gasteiger partial charge < -0.3 is 10.2 Å². The van der Waals surface area contributed by atoms with Gasteiger partial charge in [-0.25, -0.2) is 0 Å². The fourth-order valence-corrected chi connectivity index (χ4v) is 3.49. The van der Waals surface area contributed by atoms with Crippen LogP contribution in [0.25, 0.3) is 11.4 Å². The Morgan fingerprint density at radius 3 is 2.30 bits per heavy atom. The van der Waals surface area contributed by atoms with E-state index in [-0.39, 0.29) is 16.9 Å². The highest BCUT2D eigenvalue weighted by Gasteiger charge is 2.20. The van der Waals surface area contributed by atoms with E-state index in [1.807, 2.05) is 38.5 Å². The lowest BCUT2D eigenvalue weighted by atomic mass is 9.87. The number of aromatic nitrogens is 3. The predicted octanol–water partition coefficient (Wildman–Crippen LogP) is 2.95. The van der Waals surface area contributed by atoms with E-state index in [4.69, 9.17) is 17.3 Å². The molecule has 2 aromatic rings. The first kappa shape index (κ1) is 24.0. The van der Waals surface area contributed by atoms with Crippen molar-refractivity contribution in [2.75, 3.05) is 13.6 Å². The minimum atomic E-state index is -0.244. The van der Waals surface area contributed by atoms with Gasteiger partial charge in [0, 0.05) is 17.6 Å². The molecule has 0 spiro atoms. The van der Waals surface area contributed by atoms with Crippen LogP contribution in [0.1, 0.15) is 47.1 Å². The monoisotopic (exact) mass is 430 g/mol. The summed E-state index contributed by atoms with van der Waals surface area (Å²) in [6, 6.07) is 8.47. The SMILES string of the molecule is C=CCn1c(-c2ccc(C(C)(C)C)cc2)nn(C[NH+](C)CC(=O)NC(C)(C)C)c1=S. The minimum Gasteiger partial charge on any atom is -0.347 e. The molecule has 0 radical (unpaired) electrons. The number of allylic oxidation sites excluding steroid dienone is 1. The van der Waals surface area contributed by atoms with Crippen LogP contribution in [0.5, 0.6) is 0 Å². The Balaban J connectivity index is 2.28. The standard InChI is InChI=1S/C23H35N5OS/c1-9-14-27-20(17-10-12-18(13-11-17)22(2,3)4)25-28(21(27)30)16-26(8)15-19(29)24-23(5,6)7/h9-13H,1,14-16H2,2-8H3,(H,24,29)/p+1. The van der Waals surface area contributed by atoms with E-state index in [1.165, 1.54) is 5.56 Å². The summed E-state index contributed by atoms with van der Waals surface area (Å²) in [4.78, 5) is 13.3. The van der Waals surface area contributed by atoms with Crippen molar-refractivity contribution in [2.24, 2.45) is 0 Å². The van der Waals surface area contributed by atoms with Gasteiger partial charge in [0.25, 0.3) is 5.91 Å². The smallest absolute Gasteiger partial charge is 0.275 e. The van der Waals surface area contributed by atoms with Gasteiger partial charge in [0.15, 0.2) is 19.0 Å². The fraction of sp³-hybridized carbons (Fsp3) is 0.522. The third-order valence-corrected chi connectivity index (χ3v) is 5.07. The second-order valence-electron chi connectivity index (χ2n) is 9.92. The second kappa shape index (κ2) is 9.27. The zero-order chi connectivity index (χ0) is 22.7. The molecule has 1 amide bonds. The number of likely N-dealkylation sites (N-methyl/N-ethyl adjacent to an activating group) is 1. The Morgan fingerprint density at radius 2 is 1.80 bits per heavy atom. The quantitative estimate of drug-likeness (QED) is 0.525. The van der Waals surface area contributed by atoms with Gasteiger partial charge in [-0.1, -0.05) is 51.1 Å². The third-order valence-electron chi connectivity index (χ3n) is 4.64. The summed E-state index contributed by atoms with van der Waals surface area (Å²) < 4.78 is 4.41. The molecule has 1 heterocycles. The van der Waals surface area contributed by atoms with E-state index in [0.29, 0.717) is 24.5 Å². The first-order chi connectivity index (χ1) is 13.8. The molecule has 1 aromatic carbocycles. The van der Waals surface area contributed by atoms with Crippen LogP contribution in [-0.2, 0) is 23.4 Å². The molecular weight excluding hydrogens is 394 g/mol. The molecule has 0 bridgehead atoms. The maximum atomic E-state index is 12.2. The van der Waals surface area contributed by atoms with Gasteiger partial charge in [0.1, 0.15) is 0 Å². The maximum absolute atomic E-state index is 12.2. The molecule has 7 heteroatoms. The molecule has 2 N–H and O–H groups in total. The van der Waals surface area contributed by atoms with Crippen LogP contribution < -0.4 is 10.2 Å². The van der Waals surface area contributed by atoms with E-state index >= 15 is 0 Å². The minimum absolute atomic E-state index is 0.00929. The van der Waals surface area contributed by atoms with Crippen molar-refractivity contribution in [3.05, 3.63) is 47.3 Å². The van der Waals surface area contributed by atoms with Crippen molar-refractivity contribution >= 4 is 18.1 Å². The van der Waals surface area contributed by atoms with Crippen LogP contribution in [0, 0.1) is 4.77 Å². The molecule has 0 aliphatic rings. The molecule has 2 rings (SSSR count). The normalized spacial score (nSPS) is 13.2. The average molecular weight is 431 g/mol. The lowest BCUT2D eigenvalue weighted by molar-refractivity contribution is -0.895. The number of benzene rings is 1. The summed E-state index contributed by atoms with van der Waals surface area (Å²) in [5.41, 5.74) is 2.13. The average Bonchev–Trinajstić information content (AvgIpc) is 2.89. The van der Waals surface area contributed by atoms with Crippen molar-refractivity contribution in [1.29, 1.82) is 0 Å². The Hall–Kier alpha value is -2.25. The number of carbonyl (C=O) groups excluding carboxylic acids is 1. The van der Waals surface area contributed by atoms with Gasteiger partial charge in [-0.2, -0.15) is 4.68 Å². The Kier molecular flexibility index (Phi) is 7.42. The van der Waals surface area contributed by atoms with E-state index in [2.05, 4.69) is 56.9 Å². The van der Waals surface area contributed by atoms with E-state index in [0.717, 1.165) is 16.3 Å². The van der Waals surface area contributed by atoms with Gasteiger partial charge in [-0.15, -0.1) is 11.7 Å². The van der Waals surface area contributed by atoms with Gasteiger partial charge in [0.2, 0.25) is 4.77 Å². The van der Waals surface area contributed by atoms with Crippen LogP contribution in [0.15, 0.2) is 36.9 Å². The number of carbonyl (C=O) groups is 1. The van der Waals surface area contributed by atoms with Gasteiger partial charge >= 0.3 is 0 Å². The topological polar surface area (TPSA) is 56.3 Å². The summed E-state index contributed by atoms with van der Waals surface area (Å²) >= 11 is 5.68. The first-order valence-electron chi connectivity index (χ1n) is 10.3. The Morgan fingerprint density at radius 1 is 1.20 bits per heavy atom. The predicted molar refractivity (Wildman–Crippen MR) is 125 cm³/mol.